The standard InChI is InChI=1S/C23H29N3O2/c1-18-3-5-20(6-4-18)17-22(27)26-15-10-21(11-16-26)23(28)25(2)14-9-19-7-12-24-13-8-19/h3-8,12-13,21H,9-11,14-17H2,1-2H3. The van der Waals surface area contributed by atoms with Crippen LogP contribution in [-0.2, 0) is 22.4 Å². The number of amides is 2. The highest BCUT2D eigenvalue weighted by molar-refractivity contribution is 5.81. The van der Waals surface area contributed by atoms with Crippen LogP contribution in [-0.4, -0.2) is 53.3 Å². The molecule has 0 radical (unpaired) electrons. The summed E-state index contributed by atoms with van der Waals surface area (Å²) in [6.45, 7) is 4.08. The molecule has 5 heteroatoms. The van der Waals surface area contributed by atoms with Gasteiger partial charge in [0.2, 0.25) is 11.8 Å². The Kier molecular flexibility index (Phi) is 6.80. The van der Waals surface area contributed by atoms with Crippen molar-refractivity contribution in [2.45, 2.75) is 32.6 Å². The highest BCUT2D eigenvalue weighted by atomic mass is 16.2. The van der Waals surface area contributed by atoms with Gasteiger partial charge in [-0.05, 0) is 49.4 Å². The van der Waals surface area contributed by atoms with E-state index in [4.69, 9.17) is 0 Å². The fraction of sp³-hybridized carbons (Fsp3) is 0.435. The minimum atomic E-state index is 0.0193. The van der Waals surface area contributed by atoms with Crippen molar-refractivity contribution in [3.05, 3.63) is 65.5 Å². The summed E-state index contributed by atoms with van der Waals surface area (Å²) in [4.78, 5) is 33.0. The lowest BCUT2D eigenvalue weighted by Gasteiger charge is -2.33. The molecule has 148 valence electrons. The Morgan fingerprint density at radius 3 is 2.32 bits per heavy atom. The zero-order valence-electron chi connectivity index (χ0n) is 16.8. The van der Waals surface area contributed by atoms with Crippen molar-refractivity contribution < 1.29 is 9.59 Å². The number of rotatable bonds is 6. The van der Waals surface area contributed by atoms with Gasteiger partial charge >= 0.3 is 0 Å². The zero-order valence-corrected chi connectivity index (χ0v) is 16.8. The lowest BCUT2D eigenvalue weighted by atomic mass is 9.94. The first-order valence-corrected chi connectivity index (χ1v) is 10.00. The van der Waals surface area contributed by atoms with Crippen LogP contribution in [0.1, 0.15) is 29.5 Å². The molecule has 5 nitrogen and oxygen atoms in total. The fourth-order valence-corrected chi connectivity index (χ4v) is 3.64. The van der Waals surface area contributed by atoms with Crippen LogP contribution >= 0.6 is 0 Å². The van der Waals surface area contributed by atoms with Crippen molar-refractivity contribution in [3.8, 4) is 0 Å². The van der Waals surface area contributed by atoms with Crippen LogP contribution in [0.2, 0.25) is 0 Å². The van der Waals surface area contributed by atoms with Crippen LogP contribution in [0.15, 0.2) is 48.8 Å². The van der Waals surface area contributed by atoms with Crippen molar-refractivity contribution in [2.75, 3.05) is 26.7 Å². The Hall–Kier alpha value is -2.69. The van der Waals surface area contributed by atoms with Gasteiger partial charge in [0.1, 0.15) is 0 Å². The minimum absolute atomic E-state index is 0.0193. The maximum atomic E-state index is 12.7. The zero-order chi connectivity index (χ0) is 19.9. The number of hydrogen-bond acceptors (Lipinski definition) is 3. The number of benzene rings is 1. The molecule has 1 aliphatic rings. The van der Waals surface area contributed by atoms with E-state index in [2.05, 4.69) is 4.98 Å². The van der Waals surface area contributed by atoms with Gasteiger partial charge in [0.15, 0.2) is 0 Å². The number of aryl methyl sites for hydroxylation is 1. The monoisotopic (exact) mass is 379 g/mol. The summed E-state index contributed by atoms with van der Waals surface area (Å²) in [5.41, 5.74) is 3.43. The predicted octanol–water partition coefficient (Wildman–Crippen LogP) is 2.87. The molecule has 0 N–H and O–H groups in total. The summed E-state index contributed by atoms with van der Waals surface area (Å²) < 4.78 is 0. The first kappa shape index (κ1) is 20.1. The molecule has 0 atom stereocenters. The average molecular weight is 380 g/mol. The molecule has 28 heavy (non-hydrogen) atoms. The average Bonchev–Trinajstić information content (AvgIpc) is 2.74. The van der Waals surface area contributed by atoms with E-state index in [1.807, 2.05) is 60.2 Å². The second-order valence-corrected chi connectivity index (χ2v) is 7.68. The first-order valence-electron chi connectivity index (χ1n) is 10.00. The number of likely N-dealkylation sites (N-methyl/N-ethyl adjacent to an activating group) is 1. The van der Waals surface area contributed by atoms with Crippen molar-refractivity contribution in [3.63, 3.8) is 0 Å². The Morgan fingerprint density at radius 2 is 1.68 bits per heavy atom. The van der Waals surface area contributed by atoms with E-state index in [0.717, 1.165) is 24.8 Å². The lowest BCUT2D eigenvalue weighted by Crippen LogP contribution is -2.44. The van der Waals surface area contributed by atoms with Crippen LogP contribution in [0.25, 0.3) is 0 Å². The van der Waals surface area contributed by atoms with Gasteiger partial charge in [-0.2, -0.15) is 0 Å². The van der Waals surface area contributed by atoms with Crippen LogP contribution in [0.3, 0.4) is 0 Å². The first-order chi connectivity index (χ1) is 13.5. The van der Waals surface area contributed by atoms with Crippen molar-refractivity contribution in [2.24, 2.45) is 5.92 Å². The molecule has 0 aliphatic carbocycles. The van der Waals surface area contributed by atoms with Gasteiger partial charge < -0.3 is 9.80 Å². The lowest BCUT2D eigenvalue weighted by molar-refractivity contribution is -0.139. The number of carbonyl (C=O) groups is 2. The molecule has 0 spiro atoms. The number of likely N-dealkylation sites (tertiary alicyclic amines) is 1. The number of carbonyl (C=O) groups excluding carboxylic acids is 2. The van der Waals surface area contributed by atoms with E-state index in [1.54, 1.807) is 12.4 Å². The molecule has 3 rings (SSSR count). The summed E-state index contributed by atoms with van der Waals surface area (Å²) in [7, 11) is 1.87. The van der Waals surface area contributed by atoms with Gasteiger partial charge in [-0.15, -0.1) is 0 Å². The van der Waals surface area contributed by atoms with E-state index in [1.165, 1.54) is 11.1 Å². The number of piperidine rings is 1. The van der Waals surface area contributed by atoms with Crippen LogP contribution in [0.5, 0.6) is 0 Å². The van der Waals surface area contributed by atoms with Gasteiger partial charge in [0, 0.05) is 45.0 Å². The van der Waals surface area contributed by atoms with E-state index in [-0.39, 0.29) is 17.7 Å². The number of hydrogen-bond donors (Lipinski definition) is 0. The summed E-state index contributed by atoms with van der Waals surface area (Å²) in [6, 6.07) is 12.1. The molecule has 2 aromatic rings. The van der Waals surface area contributed by atoms with Gasteiger partial charge in [-0.1, -0.05) is 29.8 Å². The van der Waals surface area contributed by atoms with Crippen molar-refractivity contribution in [1.82, 2.24) is 14.8 Å². The summed E-state index contributed by atoms with van der Waals surface area (Å²) in [5.74, 6) is 0.367. The van der Waals surface area contributed by atoms with E-state index in [9.17, 15) is 9.59 Å². The fourth-order valence-electron chi connectivity index (χ4n) is 3.64. The van der Waals surface area contributed by atoms with Gasteiger partial charge in [-0.25, -0.2) is 0 Å². The third-order valence-electron chi connectivity index (χ3n) is 5.53. The molecule has 2 amide bonds. The molecule has 0 unspecified atom stereocenters. The second-order valence-electron chi connectivity index (χ2n) is 7.68. The summed E-state index contributed by atoms with van der Waals surface area (Å²) in [6.07, 6.45) is 6.32. The molecule has 0 saturated carbocycles. The van der Waals surface area contributed by atoms with Gasteiger partial charge in [0.05, 0.1) is 6.42 Å². The van der Waals surface area contributed by atoms with E-state index < -0.39 is 0 Å². The number of pyridine rings is 1. The second kappa shape index (κ2) is 9.49. The van der Waals surface area contributed by atoms with E-state index in [0.29, 0.717) is 26.1 Å². The summed E-state index contributed by atoms with van der Waals surface area (Å²) >= 11 is 0. The SMILES string of the molecule is Cc1ccc(CC(=O)N2CCC(C(=O)N(C)CCc3ccncc3)CC2)cc1. The third kappa shape index (κ3) is 5.41. The third-order valence-corrected chi connectivity index (χ3v) is 5.53. The van der Waals surface area contributed by atoms with Gasteiger partial charge in [0.25, 0.3) is 0 Å². The maximum Gasteiger partial charge on any atom is 0.226 e. The molecule has 1 saturated heterocycles. The maximum absolute atomic E-state index is 12.7. The normalized spacial score (nSPS) is 14.7. The van der Waals surface area contributed by atoms with Crippen LogP contribution < -0.4 is 0 Å². The smallest absolute Gasteiger partial charge is 0.226 e. The molecular formula is C23H29N3O2. The van der Waals surface area contributed by atoms with Gasteiger partial charge in [-0.3, -0.25) is 14.6 Å². The predicted molar refractivity (Wildman–Crippen MR) is 110 cm³/mol. The quantitative estimate of drug-likeness (QED) is 0.776. The summed E-state index contributed by atoms with van der Waals surface area (Å²) in [5, 5.41) is 0. The van der Waals surface area contributed by atoms with Crippen LogP contribution in [0, 0.1) is 12.8 Å². The van der Waals surface area contributed by atoms with E-state index >= 15 is 0 Å². The molecule has 2 heterocycles. The largest absolute Gasteiger partial charge is 0.345 e. The number of nitrogens with zero attached hydrogens (tertiary/aromatic N) is 3. The highest BCUT2D eigenvalue weighted by Gasteiger charge is 2.28. The molecule has 1 aromatic heterocycles. The molecule has 1 aliphatic heterocycles. The Balaban J connectivity index is 1.44. The highest BCUT2D eigenvalue weighted by Crippen LogP contribution is 2.20. The Morgan fingerprint density at radius 1 is 1.04 bits per heavy atom. The molecule has 1 fully saturated rings. The topological polar surface area (TPSA) is 53.5 Å². The van der Waals surface area contributed by atoms with Crippen molar-refractivity contribution in [1.29, 1.82) is 0 Å². The molecular weight excluding hydrogens is 350 g/mol. The molecule has 1 aromatic carbocycles. The number of aromatic nitrogens is 1. The van der Waals surface area contributed by atoms with Crippen LogP contribution in [0.4, 0.5) is 0 Å². The Labute approximate surface area is 167 Å². The van der Waals surface area contributed by atoms with Crippen molar-refractivity contribution >= 4 is 11.8 Å². The molecule has 0 bridgehead atoms. The Bertz CT molecular complexity index is 781. The minimum Gasteiger partial charge on any atom is -0.345 e.